The third-order valence-electron chi connectivity index (χ3n) is 2.50. The van der Waals surface area contributed by atoms with Gasteiger partial charge in [0, 0.05) is 12.7 Å². The number of nitrogens with zero attached hydrogens (tertiary/aromatic N) is 2. The Hall–Kier alpha value is -0.830. The highest BCUT2D eigenvalue weighted by molar-refractivity contribution is 5.13. The van der Waals surface area contributed by atoms with E-state index in [-0.39, 0.29) is 6.10 Å². The number of aryl methyl sites for hydroxylation is 2. The molecule has 12 heavy (non-hydrogen) atoms. The molecule has 0 aliphatic heterocycles. The molecule has 3 nitrogen and oxygen atoms in total. The molecule has 1 heterocycles. The summed E-state index contributed by atoms with van der Waals surface area (Å²) >= 11 is 0. The molecule has 0 unspecified atom stereocenters. The number of aliphatic hydroxyl groups is 1. The van der Waals surface area contributed by atoms with Crippen LogP contribution in [0.4, 0.5) is 0 Å². The zero-order valence-electron chi connectivity index (χ0n) is 7.49. The van der Waals surface area contributed by atoms with Crippen molar-refractivity contribution in [3.8, 4) is 0 Å². The monoisotopic (exact) mass is 166 g/mol. The summed E-state index contributed by atoms with van der Waals surface area (Å²) in [7, 11) is 1.90. The summed E-state index contributed by atoms with van der Waals surface area (Å²) in [6, 6.07) is 1.96. The van der Waals surface area contributed by atoms with Crippen LogP contribution in [0.15, 0.2) is 6.07 Å². The lowest BCUT2D eigenvalue weighted by Gasteiger charge is -2.03. The van der Waals surface area contributed by atoms with E-state index in [1.54, 1.807) is 4.68 Å². The molecule has 1 atom stereocenters. The number of aliphatic hydroxyl groups excluding tert-OH is 1. The second-order valence-electron chi connectivity index (χ2n) is 3.62. The molecule has 0 spiro atoms. The lowest BCUT2D eigenvalue weighted by atomic mass is 10.1. The molecule has 0 aromatic carbocycles. The van der Waals surface area contributed by atoms with Gasteiger partial charge in [-0.15, -0.1) is 0 Å². The summed E-state index contributed by atoms with van der Waals surface area (Å²) < 4.78 is 1.81. The van der Waals surface area contributed by atoms with Crippen LogP contribution in [0, 0.1) is 12.8 Å². The zero-order valence-corrected chi connectivity index (χ0v) is 7.49. The standard InChI is InChI=1S/C9H14N2O/c1-6-5-8(10-11(6)2)9(12)7-3-4-7/h5,7,9,12H,3-4H2,1-2H3/t9-/m0/s1. The molecule has 66 valence electrons. The molecule has 1 aliphatic carbocycles. The predicted octanol–water partition coefficient (Wildman–Crippen LogP) is 1.17. The van der Waals surface area contributed by atoms with Crippen LogP contribution in [0.1, 0.15) is 30.3 Å². The van der Waals surface area contributed by atoms with Crippen molar-refractivity contribution < 1.29 is 5.11 Å². The van der Waals surface area contributed by atoms with Gasteiger partial charge in [-0.3, -0.25) is 4.68 Å². The van der Waals surface area contributed by atoms with E-state index in [9.17, 15) is 5.11 Å². The maximum absolute atomic E-state index is 9.72. The van der Waals surface area contributed by atoms with Crippen molar-refractivity contribution in [2.24, 2.45) is 13.0 Å². The number of rotatable bonds is 2. The first-order valence-electron chi connectivity index (χ1n) is 4.37. The summed E-state index contributed by atoms with van der Waals surface area (Å²) in [5.74, 6) is 0.472. The van der Waals surface area contributed by atoms with Gasteiger partial charge >= 0.3 is 0 Å². The molecule has 1 aromatic rings. The molecule has 2 rings (SSSR count). The van der Waals surface area contributed by atoms with Gasteiger partial charge in [-0.2, -0.15) is 5.10 Å². The molecule has 0 radical (unpaired) electrons. The molecule has 0 bridgehead atoms. The van der Waals surface area contributed by atoms with E-state index >= 15 is 0 Å². The fraction of sp³-hybridized carbons (Fsp3) is 0.667. The molecule has 1 aliphatic rings. The minimum atomic E-state index is -0.329. The Balaban J connectivity index is 2.21. The van der Waals surface area contributed by atoms with Crippen molar-refractivity contribution in [3.05, 3.63) is 17.5 Å². The summed E-state index contributed by atoms with van der Waals surface area (Å²) in [5, 5.41) is 14.0. The van der Waals surface area contributed by atoms with E-state index in [2.05, 4.69) is 5.10 Å². The van der Waals surface area contributed by atoms with Crippen LogP contribution >= 0.6 is 0 Å². The normalized spacial score (nSPS) is 19.6. The highest BCUT2D eigenvalue weighted by atomic mass is 16.3. The largest absolute Gasteiger partial charge is 0.386 e. The Morgan fingerprint density at radius 3 is 2.75 bits per heavy atom. The fourth-order valence-electron chi connectivity index (χ4n) is 1.39. The van der Waals surface area contributed by atoms with Gasteiger partial charge in [0.25, 0.3) is 0 Å². The molecule has 1 aromatic heterocycles. The van der Waals surface area contributed by atoms with Crippen molar-refractivity contribution in [3.63, 3.8) is 0 Å². The van der Waals surface area contributed by atoms with Crippen molar-refractivity contribution in [2.75, 3.05) is 0 Å². The smallest absolute Gasteiger partial charge is 0.101 e. The Labute approximate surface area is 72.0 Å². The first-order chi connectivity index (χ1) is 5.68. The second kappa shape index (κ2) is 2.59. The number of hydrogen-bond acceptors (Lipinski definition) is 2. The Bertz CT molecular complexity index is 269. The zero-order chi connectivity index (χ0) is 8.72. The fourth-order valence-corrected chi connectivity index (χ4v) is 1.39. The average Bonchev–Trinajstić information content (AvgIpc) is 2.80. The third kappa shape index (κ3) is 1.25. The van der Waals surface area contributed by atoms with Gasteiger partial charge in [-0.25, -0.2) is 0 Å². The van der Waals surface area contributed by atoms with Crippen molar-refractivity contribution in [2.45, 2.75) is 25.9 Å². The summed E-state index contributed by atoms with van der Waals surface area (Å²) in [6.07, 6.45) is 1.97. The SMILES string of the molecule is Cc1cc([C@@H](O)C2CC2)nn1C. The lowest BCUT2D eigenvalue weighted by Crippen LogP contribution is -2.01. The van der Waals surface area contributed by atoms with Gasteiger partial charge in [0.05, 0.1) is 5.69 Å². The van der Waals surface area contributed by atoms with Crippen LogP contribution in [0.25, 0.3) is 0 Å². The molecular formula is C9H14N2O. The van der Waals surface area contributed by atoms with Gasteiger partial charge in [0.2, 0.25) is 0 Å². The third-order valence-corrected chi connectivity index (χ3v) is 2.50. The number of hydrogen-bond donors (Lipinski definition) is 1. The van der Waals surface area contributed by atoms with Gasteiger partial charge in [-0.1, -0.05) is 0 Å². The van der Waals surface area contributed by atoms with E-state index in [0.717, 1.165) is 24.2 Å². The van der Waals surface area contributed by atoms with Crippen LogP contribution in [0.5, 0.6) is 0 Å². The molecule has 0 saturated heterocycles. The topological polar surface area (TPSA) is 38.1 Å². The van der Waals surface area contributed by atoms with Gasteiger partial charge in [-0.05, 0) is 31.7 Å². The lowest BCUT2D eigenvalue weighted by molar-refractivity contribution is 0.148. The summed E-state index contributed by atoms with van der Waals surface area (Å²) in [4.78, 5) is 0. The summed E-state index contributed by atoms with van der Waals surface area (Å²) in [6.45, 7) is 2.00. The van der Waals surface area contributed by atoms with Gasteiger partial charge in [0.1, 0.15) is 6.10 Å². The van der Waals surface area contributed by atoms with Crippen LogP contribution in [0.3, 0.4) is 0 Å². The Morgan fingerprint density at radius 2 is 2.33 bits per heavy atom. The maximum Gasteiger partial charge on any atom is 0.101 e. The van der Waals surface area contributed by atoms with E-state index in [1.165, 1.54) is 0 Å². The molecule has 0 amide bonds. The minimum Gasteiger partial charge on any atom is -0.386 e. The average molecular weight is 166 g/mol. The van der Waals surface area contributed by atoms with Gasteiger partial charge in [0.15, 0.2) is 0 Å². The van der Waals surface area contributed by atoms with Crippen molar-refractivity contribution >= 4 is 0 Å². The van der Waals surface area contributed by atoms with Crippen LogP contribution < -0.4 is 0 Å². The highest BCUT2D eigenvalue weighted by Crippen LogP contribution is 2.40. The van der Waals surface area contributed by atoms with Crippen LogP contribution in [-0.2, 0) is 7.05 Å². The molecular weight excluding hydrogens is 152 g/mol. The predicted molar refractivity (Wildman–Crippen MR) is 45.6 cm³/mol. The first-order valence-corrected chi connectivity index (χ1v) is 4.37. The molecule has 1 fully saturated rings. The maximum atomic E-state index is 9.72. The van der Waals surface area contributed by atoms with Crippen molar-refractivity contribution in [1.29, 1.82) is 0 Å². The number of aromatic nitrogens is 2. The second-order valence-corrected chi connectivity index (χ2v) is 3.62. The van der Waals surface area contributed by atoms with Gasteiger partial charge < -0.3 is 5.11 Å². The van der Waals surface area contributed by atoms with E-state index < -0.39 is 0 Å². The Morgan fingerprint density at radius 1 is 1.67 bits per heavy atom. The van der Waals surface area contributed by atoms with Crippen LogP contribution in [0.2, 0.25) is 0 Å². The van der Waals surface area contributed by atoms with E-state index in [0.29, 0.717) is 5.92 Å². The summed E-state index contributed by atoms with van der Waals surface area (Å²) in [5.41, 5.74) is 1.93. The molecule has 1 N–H and O–H groups in total. The molecule has 3 heteroatoms. The quantitative estimate of drug-likeness (QED) is 0.716. The highest BCUT2D eigenvalue weighted by Gasteiger charge is 2.32. The van der Waals surface area contributed by atoms with Crippen LogP contribution in [-0.4, -0.2) is 14.9 Å². The van der Waals surface area contributed by atoms with Crippen molar-refractivity contribution in [1.82, 2.24) is 9.78 Å². The minimum absolute atomic E-state index is 0.329. The Kier molecular flexibility index (Phi) is 1.68. The van der Waals surface area contributed by atoms with E-state index in [1.807, 2.05) is 20.0 Å². The van der Waals surface area contributed by atoms with E-state index in [4.69, 9.17) is 0 Å². The molecule has 1 saturated carbocycles. The first kappa shape index (κ1) is 7.80.